The summed E-state index contributed by atoms with van der Waals surface area (Å²) in [6.07, 6.45) is 0.0883. The molecule has 1 amide bonds. The summed E-state index contributed by atoms with van der Waals surface area (Å²) in [5.41, 5.74) is 1.66. The van der Waals surface area contributed by atoms with Crippen LogP contribution in [-0.4, -0.2) is 29.7 Å². The molecule has 3 rings (SSSR count). The van der Waals surface area contributed by atoms with E-state index in [2.05, 4.69) is 5.10 Å². The number of methoxy groups -OCH3 is 1. The largest absolute Gasteiger partial charge is 0.550 e. The highest BCUT2D eigenvalue weighted by Crippen LogP contribution is 2.38. The molecule has 2 heterocycles. The Balaban J connectivity index is 1.92. The van der Waals surface area contributed by atoms with Gasteiger partial charge in [0.05, 0.1) is 23.7 Å². The van der Waals surface area contributed by atoms with Crippen molar-refractivity contribution < 1.29 is 19.4 Å². The molecule has 0 spiro atoms. The number of carbonyl (C=O) groups is 2. The van der Waals surface area contributed by atoms with Gasteiger partial charge in [-0.3, -0.25) is 4.79 Å². The highest BCUT2D eigenvalue weighted by atomic mass is 32.1. The van der Waals surface area contributed by atoms with E-state index >= 15 is 0 Å². The molecule has 1 aromatic carbocycles. The van der Waals surface area contributed by atoms with Gasteiger partial charge in [0.2, 0.25) is 5.91 Å². The molecule has 130 valence electrons. The van der Waals surface area contributed by atoms with Gasteiger partial charge in [-0.1, -0.05) is 24.3 Å². The minimum atomic E-state index is -1.25. The summed E-state index contributed by atoms with van der Waals surface area (Å²) >= 11 is 1.56. The third-order valence-corrected chi connectivity index (χ3v) is 4.93. The molecular weight excluding hydrogens is 340 g/mol. The second-order valence-electron chi connectivity index (χ2n) is 5.60. The average molecular weight is 357 g/mol. The van der Waals surface area contributed by atoms with Gasteiger partial charge in [0.15, 0.2) is 0 Å². The zero-order chi connectivity index (χ0) is 17.8. The van der Waals surface area contributed by atoms with Crippen molar-refractivity contribution in [2.75, 3.05) is 7.11 Å². The van der Waals surface area contributed by atoms with Gasteiger partial charge in [-0.25, -0.2) is 5.01 Å². The Morgan fingerprint density at radius 3 is 2.76 bits per heavy atom. The van der Waals surface area contributed by atoms with Gasteiger partial charge in [-0.05, 0) is 23.9 Å². The Kier molecular flexibility index (Phi) is 5.14. The molecule has 1 aromatic heterocycles. The molecule has 1 atom stereocenters. The van der Waals surface area contributed by atoms with Crippen LogP contribution in [0, 0.1) is 0 Å². The van der Waals surface area contributed by atoms with Crippen molar-refractivity contribution in [1.82, 2.24) is 5.01 Å². The van der Waals surface area contributed by atoms with Crippen molar-refractivity contribution in [2.45, 2.75) is 25.3 Å². The van der Waals surface area contributed by atoms with Crippen molar-refractivity contribution in [3.05, 3.63) is 52.2 Å². The molecule has 0 saturated heterocycles. The van der Waals surface area contributed by atoms with Gasteiger partial charge >= 0.3 is 0 Å². The van der Waals surface area contributed by atoms with Gasteiger partial charge in [-0.15, -0.1) is 11.3 Å². The second-order valence-corrected chi connectivity index (χ2v) is 6.54. The van der Waals surface area contributed by atoms with E-state index in [0.717, 1.165) is 16.2 Å². The van der Waals surface area contributed by atoms with Crippen LogP contribution >= 0.6 is 11.3 Å². The van der Waals surface area contributed by atoms with Gasteiger partial charge in [0, 0.05) is 24.4 Å². The highest BCUT2D eigenvalue weighted by molar-refractivity contribution is 7.12. The van der Waals surface area contributed by atoms with Crippen molar-refractivity contribution in [2.24, 2.45) is 5.10 Å². The molecule has 0 saturated carbocycles. The number of nitrogens with zero attached hydrogens (tertiary/aromatic N) is 2. The molecule has 0 bridgehead atoms. The number of thiophene rings is 1. The van der Waals surface area contributed by atoms with E-state index < -0.39 is 5.97 Å². The van der Waals surface area contributed by atoms with E-state index in [-0.39, 0.29) is 24.8 Å². The first-order chi connectivity index (χ1) is 12.1. The quantitative estimate of drug-likeness (QED) is 0.791. The maximum Gasteiger partial charge on any atom is 0.243 e. The molecule has 0 unspecified atom stereocenters. The lowest BCUT2D eigenvalue weighted by Crippen LogP contribution is -2.30. The normalized spacial score (nSPS) is 16.6. The number of carbonyl (C=O) groups excluding carboxylic acids is 2. The first kappa shape index (κ1) is 17.2. The molecule has 25 heavy (non-hydrogen) atoms. The van der Waals surface area contributed by atoms with Crippen molar-refractivity contribution in [3.8, 4) is 5.75 Å². The average Bonchev–Trinajstić information content (AvgIpc) is 3.28. The Hall–Kier alpha value is -2.67. The third-order valence-electron chi connectivity index (χ3n) is 4.01. The minimum absolute atomic E-state index is 0.144. The number of hydrazone groups is 1. The van der Waals surface area contributed by atoms with Crippen LogP contribution in [0.2, 0.25) is 0 Å². The summed E-state index contributed by atoms with van der Waals surface area (Å²) in [7, 11) is 1.58. The topological polar surface area (TPSA) is 82.0 Å². The number of hydrogen-bond donors (Lipinski definition) is 0. The maximum atomic E-state index is 12.5. The molecule has 0 fully saturated rings. The zero-order valence-electron chi connectivity index (χ0n) is 13.7. The number of amides is 1. The third kappa shape index (κ3) is 3.71. The Labute approximate surface area is 149 Å². The van der Waals surface area contributed by atoms with E-state index in [4.69, 9.17) is 4.74 Å². The van der Waals surface area contributed by atoms with Crippen LogP contribution in [0.3, 0.4) is 0 Å². The van der Waals surface area contributed by atoms with Crippen LogP contribution in [0.4, 0.5) is 0 Å². The summed E-state index contributed by atoms with van der Waals surface area (Å²) in [6.45, 7) is 0. The molecule has 2 aromatic rings. The lowest BCUT2D eigenvalue weighted by atomic mass is 10.00. The molecule has 0 N–H and O–H groups in total. The maximum absolute atomic E-state index is 12.5. The Bertz CT molecular complexity index is 801. The van der Waals surface area contributed by atoms with Gasteiger partial charge in [0.25, 0.3) is 0 Å². The first-order valence-corrected chi connectivity index (χ1v) is 8.74. The van der Waals surface area contributed by atoms with Crippen LogP contribution < -0.4 is 9.84 Å². The fraction of sp³-hybridized carbons (Fsp3) is 0.278. The van der Waals surface area contributed by atoms with E-state index in [1.54, 1.807) is 18.4 Å². The van der Waals surface area contributed by atoms with Crippen LogP contribution in [0.5, 0.6) is 5.75 Å². The predicted molar refractivity (Wildman–Crippen MR) is 92.3 cm³/mol. The summed E-state index contributed by atoms with van der Waals surface area (Å²) in [5, 5.41) is 18.5. The van der Waals surface area contributed by atoms with Crippen LogP contribution in [0.15, 0.2) is 46.9 Å². The standard InChI is InChI=1S/C18H18N2O4S/c1-24-15-6-3-2-5-12(15)14-11-13(16-7-4-10-25-16)19-20(14)17(21)8-9-18(22)23/h2-7,10,14H,8-9,11H2,1H3,(H,22,23)/p-1/t14-/m1/s1. The van der Waals surface area contributed by atoms with E-state index in [1.165, 1.54) is 5.01 Å². The number of aliphatic carboxylic acids is 1. The molecule has 0 aliphatic carbocycles. The molecule has 6 nitrogen and oxygen atoms in total. The summed E-state index contributed by atoms with van der Waals surface area (Å²) in [6, 6.07) is 11.0. The number of hydrogen-bond acceptors (Lipinski definition) is 6. The van der Waals surface area contributed by atoms with E-state index in [1.807, 2.05) is 41.8 Å². The summed E-state index contributed by atoms with van der Waals surface area (Å²) < 4.78 is 5.42. The fourth-order valence-electron chi connectivity index (χ4n) is 2.84. The van der Waals surface area contributed by atoms with Crippen molar-refractivity contribution in [3.63, 3.8) is 0 Å². The lowest BCUT2D eigenvalue weighted by Gasteiger charge is -2.23. The zero-order valence-corrected chi connectivity index (χ0v) is 14.5. The number of ether oxygens (including phenoxy) is 1. The molecule has 7 heteroatoms. The number of para-hydroxylation sites is 1. The van der Waals surface area contributed by atoms with E-state index in [0.29, 0.717) is 12.2 Å². The van der Waals surface area contributed by atoms with Crippen molar-refractivity contribution >= 4 is 28.9 Å². The number of benzene rings is 1. The monoisotopic (exact) mass is 357 g/mol. The van der Waals surface area contributed by atoms with Gasteiger partial charge in [-0.2, -0.15) is 5.10 Å². The number of carboxylic acids is 1. The second kappa shape index (κ2) is 7.48. The Morgan fingerprint density at radius 1 is 1.28 bits per heavy atom. The smallest absolute Gasteiger partial charge is 0.243 e. The van der Waals surface area contributed by atoms with E-state index in [9.17, 15) is 14.7 Å². The fourth-order valence-corrected chi connectivity index (χ4v) is 3.56. The minimum Gasteiger partial charge on any atom is -0.550 e. The van der Waals surface area contributed by atoms with Gasteiger partial charge < -0.3 is 14.6 Å². The molecule has 1 aliphatic heterocycles. The van der Waals surface area contributed by atoms with Crippen LogP contribution in [0.25, 0.3) is 0 Å². The highest BCUT2D eigenvalue weighted by Gasteiger charge is 2.34. The van der Waals surface area contributed by atoms with Crippen LogP contribution in [-0.2, 0) is 9.59 Å². The summed E-state index contributed by atoms with van der Waals surface area (Å²) in [4.78, 5) is 24.2. The SMILES string of the molecule is COc1ccccc1[C@H]1CC(c2cccs2)=NN1C(=O)CCC(=O)[O-]. The number of carboxylic acid groups (broad SMARTS) is 1. The molecular formula is C18H17N2O4S-. The Morgan fingerprint density at radius 2 is 2.08 bits per heavy atom. The summed E-state index contributed by atoms with van der Waals surface area (Å²) in [5.74, 6) is -0.914. The molecule has 1 aliphatic rings. The lowest BCUT2D eigenvalue weighted by molar-refractivity contribution is -0.305. The van der Waals surface area contributed by atoms with Crippen molar-refractivity contribution in [1.29, 1.82) is 0 Å². The number of rotatable bonds is 6. The molecule has 0 radical (unpaired) electrons. The van der Waals surface area contributed by atoms with Crippen LogP contribution in [0.1, 0.15) is 35.7 Å². The van der Waals surface area contributed by atoms with Gasteiger partial charge in [0.1, 0.15) is 5.75 Å². The first-order valence-electron chi connectivity index (χ1n) is 7.86. The predicted octanol–water partition coefficient (Wildman–Crippen LogP) is 1.96.